The summed E-state index contributed by atoms with van der Waals surface area (Å²) in [4.78, 5) is 14.9. The summed E-state index contributed by atoms with van der Waals surface area (Å²) in [6.45, 7) is 2.16. The molecule has 0 N–H and O–H groups in total. The van der Waals surface area contributed by atoms with Crippen LogP contribution in [0.5, 0.6) is 0 Å². The number of hydrogen-bond donors (Lipinski definition) is 0. The zero-order valence-electron chi connectivity index (χ0n) is 8.44. The molecule has 1 aromatic carbocycles. The van der Waals surface area contributed by atoms with Crippen LogP contribution in [-0.2, 0) is 9.53 Å². The smallest absolute Gasteiger partial charge is 0.327 e. The first kappa shape index (κ1) is 11.7. The van der Waals surface area contributed by atoms with Crippen molar-refractivity contribution in [3.8, 4) is 0 Å². The molecule has 0 radical (unpaired) electrons. The van der Waals surface area contributed by atoms with E-state index in [2.05, 4.69) is 4.99 Å². The first-order valence-corrected chi connectivity index (χ1v) is 5.01. The molecule has 0 saturated carbocycles. The summed E-state index contributed by atoms with van der Waals surface area (Å²) in [7, 11) is 0. The van der Waals surface area contributed by atoms with Gasteiger partial charge in [0.05, 0.1) is 6.61 Å². The zero-order chi connectivity index (χ0) is 11.1. The normalized spacial score (nSPS) is 10.5. The summed E-state index contributed by atoms with van der Waals surface area (Å²) in [5, 5.41) is 0.616. The second-order valence-electron chi connectivity index (χ2n) is 2.80. The third-order valence-corrected chi connectivity index (χ3v) is 2.01. The van der Waals surface area contributed by atoms with Crippen LogP contribution >= 0.6 is 11.6 Å². The molecular formula is C11H12ClNO2. The van der Waals surface area contributed by atoms with Crippen LogP contribution in [0.1, 0.15) is 12.5 Å². The van der Waals surface area contributed by atoms with Gasteiger partial charge in [0.2, 0.25) is 0 Å². The molecule has 0 atom stereocenters. The van der Waals surface area contributed by atoms with Crippen LogP contribution in [0, 0.1) is 0 Å². The van der Waals surface area contributed by atoms with Gasteiger partial charge in [0, 0.05) is 16.8 Å². The molecule has 3 nitrogen and oxygen atoms in total. The standard InChI is InChI=1S/C11H12ClNO2/c1-2-15-11(14)8-13-7-9-5-3-4-6-10(9)12/h3-7H,2,8H2,1H3. The van der Waals surface area contributed by atoms with Gasteiger partial charge < -0.3 is 4.74 Å². The largest absolute Gasteiger partial charge is 0.465 e. The molecule has 0 unspecified atom stereocenters. The molecule has 0 fully saturated rings. The minimum absolute atomic E-state index is 0.0268. The minimum atomic E-state index is -0.333. The van der Waals surface area contributed by atoms with Gasteiger partial charge in [-0.2, -0.15) is 0 Å². The maximum atomic E-state index is 10.9. The van der Waals surface area contributed by atoms with E-state index in [4.69, 9.17) is 16.3 Å². The van der Waals surface area contributed by atoms with Gasteiger partial charge in [0.15, 0.2) is 0 Å². The topological polar surface area (TPSA) is 38.7 Å². The Balaban J connectivity index is 2.52. The number of halogens is 1. The number of nitrogens with zero attached hydrogens (tertiary/aromatic N) is 1. The molecule has 0 aliphatic rings. The lowest BCUT2D eigenvalue weighted by atomic mass is 10.2. The molecule has 80 valence electrons. The van der Waals surface area contributed by atoms with Crippen LogP contribution in [0.4, 0.5) is 0 Å². The molecule has 15 heavy (non-hydrogen) atoms. The summed E-state index contributed by atoms with van der Waals surface area (Å²) >= 11 is 5.89. The van der Waals surface area contributed by atoms with E-state index in [1.807, 2.05) is 18.2 Å². The number of esters is 1. The van der Waals surface area contributed by atoms with Crippen molar-refractivity contribution >= 4 is 23.8 Å². The highest BCUT2D eigenvalue weighted by Crippen LogP contribution is 2.12. The second-order valence-corrected chi connectivity index (χ2v) is 3.20. The number of carbonyl (C=O) groups is 1. The number of hydrogen-bond acceptors (Lipinski definition) is 3. The fraction of sp³-hybridized carbons (Fsp3) is 0.273. The summed E-state index contributed by atoms with van der Waals surface area (Å²) in [5.41, 5.74) is 0.795. The average Bonchev–Trinajstić information content (AvgIpc) is 2.21. The molecule has 0 aliphatic carbocycles. The van der Waals surface area contributed by atoms with Crippen LogP contribution in [0.25, 0.3) is 0 Å². The van der Waals surface area contributed by atoms with Gasteiger partial charge in [0.1, 0.15) is 6.54 Å². The van der Waals surface area contributed by atoms with Crippen molar-refractivity contribution < 1.29 is 9.53 Å². The molecular weight excluding hydrogens is 214 g/mol. The van der Waals surface area contributed by atoms with Crippen molar-refractivity contribution in [2.75, 3.05) is 13.2 Å². The quantitative estimate of drug-likeness (QED) is 0.583. The van der Waals surface area contributed by atoms with Gasteiger partial charge >= 0.3 is 5.97 Å². The molecule has 0 aromatic heterocycles. The lowest BCUT2D eigenvalue weighted by Crippen LogP contribution is -2.07. The lowest BCUT2D eigenvalue weighted by molar-refractivity contribution is -0.141. The molecule has 0 aliphatic heterocycles. The number of ether oxygens (including phenoxy) is 1. The number of benzene rings is 1. The highest BCUT2D eigenvalue weighted by atomic mass is 35.5. The molecule has 0 saturated heterocycles. The number of aliphatic imine (C=N–C) groups is 1. The Labute approximate surface area is 93.7 Å². The lowest BCUT2D eigenvalue weighted by Gasteiger charge is -1.98. The fourth-order valence-electron chi connectivity index (χ4n) is 1.00. The highest BCUT2D eigenvalue weighted by molar-refractivity contribution is 6.33. The summed E-state index contributed by atoms with van der Waals surface area (Å²) in [6, 6.07) is 7.30. The zero-order valence-corrected chi connectivity index (χ0v) is 9.20. The van der Waals surface area contributed by atoms with E-state index in [9.17, 15) is 4.79 Å². The van der Waals surface area contributed by atoms with Gasteiger partial charge in [0.25, 0.3) is 0 Å². The predicted octanol–water partition coefficient (Wildman–Crippen LogP) is 2.32. The Kier molecular flexibility index (Phi) is 4.84. The molecule has 0 heterocycles. The predicted molar refractivity (Wildman–Crippen MR) is 60.5 cm³/mol. The van der Waals surface area contributed by atoms with E-state index < -0.39 is 0 Å². The first-order chi connectivity index (χ1) is 7.24. The molecule has 0 bridgehead atoms. The van der Waals surface area contributed by atoms with Crippen LogP contribution in [0.3, 0.4) is 0 Å². The minimum Gasteiger partial charge on any atom is -0.465 e. The van der Waals surface area contributed by atoms with Crippen molar-refractivity contribution in [3.63, 3.8) is 0 Å². The van der Waals surface area contributed by atoms with E-state index in [1.165, 1.54) is 0 Å². The monoisotopic (exact) mass is 225 g/mol. The van der Waals surface area contributed by atoms with Gasteiger partial charge in [-0.1, -0.05) is 29.8 Å². The summed E-state index contributed by atoms with van der Waals surface area (Å²) in [5.74, 6) is -0.333. The molecule has 4 heteroatoms. The number of carbonyl (C=O) groups excluding carboxylic acids is 1. The van der Waals surface area contributed by atoms with Crippen LogP contribution in [0.15, 0.2) is 29.3 Å². The van der Waals surface area contributed by atoms with Gasteiger partial charge in [-0.3, -0.25) is 9.79 Å². The van der Waals surface area contributed by atoms with Crippen molar-refractivity contribution in [2.24, 2.45) is 4.99 Å². The van der Waals surface area contributed by atoms with E-state index in [-0.39, 0.29) is 12.5 Å². The van der Waals surface area contributed by atoms with Crippen LogP contribution in [0.2, 0.25) is 5.02 Å². The van der Waals surface area contributed by atoms with E-state index in [0.717, 1.165) is 5.56 Å². The van der Waals surface area contributed by atoms with Gasteiger partial charge in [-0.05, 0) is 13.0 Å². The van der Waals surface area contributed by atoms with Crippen molar-refractivity contribution in [3.05, 3.63) is 34.9 Å². The Bertz CT molecular complexity index is 363. The first-order valence-electron chi connectivity index (χ1n) is 4.64. The maximum Gasteiger partial charge on any atom is 0.327 e. The second kappa shape index (κ2) is 6.19. The van der Waals surface area contributed by atoms with E-state index in [0.29, 0.717) is 11.6 Å². The van der Waals surface area contributed by atoms with Gasteiger partial charge in [-0.25, -0.2) is 0 Å². The summed E-state index contributed by atoms with van der Waals surface area (Å²) < 4.78 is 4.72. The van der Waals surface area contributed by atoms with Crippen LogP contribution < -0.4 is 0 Å². The third-order valence-electron chi connectivity index (χ3n) is 1.66. The van der Waals surface area contributed by atoms with Crippen molar-refractivity contribution in [1.82, 2.24) is 0 Å². The Morgan fingerprint density at radius 2 is 2.27 bits per heavy atom. The third kappa shape index (κ3) is 4.13. The molecule has 1 rings (SSSR count). The number of rotatable bonds is 4. The van der Waals surface area contributed by atoms with Crippen molar-refractivity contribution in [1.29, 1.82) is 0 Å². The highest BCUT2D eigenvalue weighted by Gasteiger charge is 1.98. The fourth-order valence-corrected chi connectivity index (χ4v) is 1.19. The average molecular weight is 226 g/mol. The molecule has 0 amide bonds. The van der Waals surface area contributed by atoms with Crippen LogP contribution in [-0.4, -0.2) is 25.3 Å². The SMILES string of the molecule is CCOC(=O)CN=Cc1ccccc1Cl. The van der Waals surface area contributed by atoms with Gasteiger partial charge in [-0.15, -0.1) is 0 Å². The van der Waals surface area contributed by atoms with E-state index >= 15 is 0 Å². The molecule has 1 aromatic rings. The van der Waals surface area contributed by atoms with Crippen molar-refractivity contribution in [2.45, 2.75) is 6.92 Å². The summed E-state index contributed by atoms with van der Waals surface area (Å²) in [6.07, 6.45) is 1.57. The maximum absolute atomic E-state index is 10.9. The molecule has 0 spiro atoms. The Morgan fingerprint density at radius 1 is 1.53 bits per heavy atom. The van der Waals surface area contributed by atoms with E-state index in [1.54, 1.807) is 19.2 Å². The Morgan fingerprint density at radius 3 is 2.93 bits per heavy atom. The Hall–Kier alpha value is -1.35.